The first-order valence-electron chi connectivity index (χ1n) is 10.2. The zero-order chi connectivity index (χ0) is 22.2. The highest BCUT2D eigenvalue weighted by atomic mass is 32.2. The third-order valence-electron chi connectivity index (χ3n) is 6.04. The number of ether oxygens (including phenoxy) is 2. The Morgan fingerprint density at radius 1 is 1.00 bits per heavy atom. The molecule has 2 aromatic rings. The van der Waals surface area contributed by atoms with Crippen LogP contribution in [0.2, 0.25) is 0 Å². The fourth-order valence-corrected chi connectivity index (χ4v) is 6.52. The van der Waals surface area contributed by atoms with E-state index in [1.54, 1.807) is 10.4 Å². The molecule has 3 atom stereocenters. The average Bonchev–Trinajstić information content (AvgIpc) is 3.05. The number of benzene rings is 2. The first-order chi connectivity index (χ1) is 14.8. The lowest BCUT2D eigenvalue weighted by atomic mass is 9.99. The van der Waals surface area contributed by atoms with Crippen LogP contribution in [0.15, 0.2) is 47.4 Å². The zero-order valence-electron chi connectivity index (χ0n) is 17.4. The summed E-state index contributed by atoms with van der Waals surface area (Å²) >= 11 is 0. The van der Waals surface area contributed by atoms with Gasteiger partial charge in [-0.05, 0) is 62.1 Å². The summed E-state index contributed by atoms with van der Waals surface area (Å²) in [4.78, 5) is 12.7. The van der Waals surface area contributed by atoms with Gasteiger partial charge in [-0.1, -0.05) is 0 Å². The molecule has 9 heteroatoms. The van der Waals surface area contributed by atoms with E-state index in [2.05, 4.69) is 5.32 Å². The van der Waals surface area contributed by atoms with Crippen LogP contribution in [-0.2, 0) is 10.0 Å². The van der Waals surface area contributed by atoms with Crippen molar-refractivity contribution in [2.45, 2.75) is 48.7 Å². The number of halogens is 1. The van der Waals surface area contributed by atoms with Crippen LogP contribution in [0.5, 0.6) is 11.5 Å². The van der Waals surface area contributed by atoms with Crippen molar-refractivity contribution < 1.29 is 27.1 Å². The Morgan fingerprint density at radius 2 is 1.61 bits per heavy atom. The van der Waals surface area contributed by atoms with Crippen LogP contribution < -0.4 is 14.8 Å². The number of carbonyl (C=O) groups is 1. The largest absolute Gasteiger partial charge is 0.493 e. The summed E-state index contributed by atoms with van der Waals surface area (Å²) < 4.78 is 52.0. The van der Waals surface area contributed by atoms with E-state index in [0.29, 0.717) is 29.9 Å². The van der Waals surface area contributed by atoms with Gasteiger partial charge >= 0.3 is 0 Å². The van der Waals surface area contributed by atoms with Gasteiger partial charge in [-0.2, -0.15) is 4.31 Å². The zero-order valence-corrected chi connectivity index (χ0v) is 18.2. The first-order valence-corrected chi connectivity index (χ1v) is 11.6. The van der Waals surface area contributed by atoms with E-state index < -0.39 is 15.8 Å². The van der Waals surface area contributed by atoms with Crippen molar-refractivity contribution >= 4 is 15.9 Å². The fraction of sp³-hybridized carbons (Fsp3) is 0.409. The molecule has 1 amide bonds. The Bertz CT molecular complexity index is 1060. The Balaban J connectivity index is 1.50. The number of hydrogen-bond acceptors (Lipinski definition) is 5. The van der Waals surface area contributed by atoms with E-state index >= 15 is 0 Å². The van der Waals surface area contributed by atoms with Gasteiger partial charge in [-0.15, -0.1) is 0 Å². The molecule has 4 rings (SSSR count). The maximum Gasteiger partial charge on any atom is 0.251 e. The molecule has 2 bridgehead atoms. The summed E-state index contributed by atoms with van der Waals surface area (Å²) in [7, 11) is -0.758. The van der Waals surface area contributed by atoms with Gasteiger partial charge in [-0.3, -0.25) is 4.79 Å². The average molecular weight is 449 g/mol. The third-order valence-corrected chi connectivity index (χ3v) is 8.04. The number of piperidine rings is 1. The van der Waals surface area contributed by atoms with Gasteiger partial charge < -0.3 is 14.8 Å². The molecular weight excluding hydrogens is 423 g/mol. The maximum absolute atomic E-state index is 13.4. The quantitative estimate of drug-likeness (QED) is 0.735. The van der Waals surface area contributed by atoms with Crippen molar-refractivity contribution in [3.63, 3.8) is 0 Å². The van der Waals surface area contributed by atoms with Crippen molar-refractivity contribution in [2.75, 3.05) is 14.2 Å². The van der Waals surface area contributed by atoms with Gasteiger partial charge in [0.2, 0.25) is 10.0 Å². The summed E-state index contributed by atoms with van der Waals surface area (Å²) in [5.74, 6) is 0.146. The van der Waals surface area contributed by atoms with Crippen LogP contribution in [0.4, 0.5) is 4.39 Å². The minimum absolute atomic E-state index is 0.132. The number of nitrogens with zero attached hydrogens (tertiary/aromatic N) is 1. The minimum atomic E-state index is -3.72. The number of fused-ring (bicyclic) bond motifs is 2. The van der Waals surface area contributed by atoms with Crippen LogP contribution >= 0.6 is 0 Å². The summed E-state index contributed by atoms with van der Waals surface area (Å²) in [6, 6.07) is 9.47. The molecule has 2 aromatic carbocycles. The van der Waals surface area contributed by atoms with Gasteiger partial charge in [0.05, 0.1) is 19.1 Å². The molecule has 0 aromatic heterocycles. The highest BCUT2D eigenvalue weighted by Gasteiger charge is 2.47. The number of sulfonamides is 1. The van der Waals surface area contributed by atoms with Gasteiger partial charge in [0.1, 0.15) is 5.82 Å². The lowest BCUT2D eigenvalue weighted by molar-refractivity contribution is 0.0909. The Morgan fingerprint density at radius 3 is 2.19 bits per heavy atom. The van der Waals surface area contributed by atoms with E-state index in [4.69, 9.17) is 9.47 Å². The molecule has 0 radical (unpaired) electrons. The van der Waals surface area contributed by atoms with Crippen molar-refractivity contribution in [1.29, 1.82) is 0 Å². The van der Waals surface area contributed by atoms with Crippen LogP contribution in [0.1, 0.15) is 36.0 Å². The smallest absolute Gasteiger partial charge is 0.251 e. The second kappa shape index (κ2) is 8.47. The number of amides is 1. The number of carbonyl (C=O) groups excluding carboxylic acids is 1. The molecule has 7 nitrogen and oxygen atoms in total. The van der Waals surface area contributed by atoms with Crippen molar-refractivity contribution in [2.24, 2.45) is 0 Å². The van der Waals surface area contributed by atoms with E-state index in [1.807, 2.05) is 0 Å². The monoisotopic (exact) mass is 448 g/mol. The van der Waals surface area contributed by atoms with E-state index in [-0.39, 0.29) is 28.9 Å². The fourth-order valence-electron chi connectivity index (χ4n) is 4.61. The van der Waals surface area contributed by atoms with Gasteiger partial charge in [0.25, 0.3) is 5.91 Å². The molecule has 2 aliphatic rings. The number of methoxy groups -OCH3 is 2. The standard InChI is InChI=1S/C22H25FN2O5S/c1-29-20-10-9-19(13-21(20)30-2)31(27,28)25-17-7-8-18(25)12-16(11-17)24-22(26)14-3-5-15(23)6-4-14/h3-6,9-10,13,16-18H,7-8,11-12H2,1-2H3,(H,24,26)/t16?,17-,18+. The Kier molecular flexibility index (Phi) is 5.90. The van der Waals surface area contributed by atoms with Crippen molar-refractivity contribution in [1.82, 2.24) is 9.62 Å². The topological polar surface area (TPSA) is 84.9 Å². The molecular formula is C22H25FN2O5S. The third kappa shape index (κ3) is 4.12. The lowest BCUT2D eigenvalue weighted by Crippen LogP contribution is -2.52. The second-order valence-electron chi connectivity index (χ2n) is 7.89. The van der Waals surface area contributed by atoms with Crippen LogP contribution in [0.25, 0.3) is 0 Å². The molecule has 0 spiro atoms. The molecule has 2 fully saturated rings. The molecule has 2 aliphatic heterocycles. The number of nitrogens with one attached hydrogen (secondary N) is 1. The number of hydrogen-bond donors (Lipinski definition) is 1. The predicted molar refractivity (Wildman–Crippen MR) is 112 cm³/mol. The van der Waals surface area contributed by atoms with Crippen LogP contribution in [0, 0.1) is 5.82 Å². The number of rotatable bonds is 6. The summed E-state index contributed by atoms with van der Waals surface area (Å²) in [6.45, 7) is 0. The predicted octanol–water partition coefficient (Wildman–Crippen LogP) is 2.96. The Hall–Kier alpha value is -2.65. The molecule has 0 saturated carbocycles. The van der Waals surface area contributed by atoms with Gasteiger partial charge in [-0.25, -0.2) is 12.8 Å². The van der Waals surface area contributed by atoms with Crippen molar-refractivity contribution in [3.8, 4) is 11.5 Å². The highest BCUT2D eigenvalue weighted by Crippen LogP contribution is 2.41. The summed E-state index contributed by atoms with van der Waals surface area (Å²) in [5.41, 5.74) is 0.383. The Labute approximate surface area is 181 Å². The molecule has 166 valence electrons. The van der Waals surface area contributed by atoms with Crippen molar-refractivity contribution in [3.05, 3.63) is 53.8 Å². The van der Waals surface area contributed by atoms with Gasteiger partial charge in [0, 0.05) is 29.8 Å². The van der Waals surface area contributed by atoms with Gasteiger partial charge in [0.15, 0.2) is 11.5 Å². The minimum Gasteiger partial charge on any atom is -0.493 e. The lowest BCUT2D eigenvalue weighted by Gasteiger charge is -2.38. The van der Waals surface area contributed by atoms with E-state index in [0.717, 1.165) is 12.8 Å². The molecule has 1 N–H and O–H groups in total. The second-order valence-corrected chi connectivity index (χ2v) is 9.73. The summed E-state index contributed by atoms with van der Waals surface area (Å²) in [5, 5.41) is 2.98. The molecule has 31 heavy (non-hydrogen) atoms. The summed E-state index contributed by atoms with van der Waals surface area (Å²) in [6.07, 6.45) is 2.58. The highest BCUT2D eigenvalue weighted by molar-refractivity contribution is 7.89. The molecule has 1 unspecified atom stereocenters. The van der Waals surface area contributed by atoms with Crippen LogP contribution in [0.3, 0.4) is 0 Å². The van der Waals surface area contributed by atoms with E-state index in [1.165, 1.54) is 50.6 Å². The molecule has 0 aliphatic carbocycles. The normalized spacial score (nSPS) is 23.4. The van der Waals surface area contributed by atoms with E-state index in [9.17, 15) is 17.6 Å². The maximum atomic E-state index is 13.4. The molecule has 2 heterocycles. The van der Waals surface area contributed by atoms with Crippen LogP contribution in [-0.4, -0.2) is 51.0 Å². The SMILES string of the molecule is COc1ccc(S(=O)(=O)N2[C@@H]3CC[C@H]2CC(NC(=O)c2ccc(F)cc2)C3)cc1OC. The molecule has 2 saturated heterocycles. The first kappa shape index (κ1) is 21.6.